The molecule has 4 rings (SSSR count). The number of rotatable bonds is 5. The van der Waals surface area contributed by atoms with Crippen molar-refractivity contribution < 1.29 is 18.7 Å². The van der Waals surface area contributed by atoms with E-state index in [0.29, 0.717) is 16.3 Å². The predicted molar refractivity (Wildman–Crippen MR) is 114 cm³/mol. The zero-order valence-electron chi connectivity index (χ0n) is 16.1. The maximum absolute atomic E-state index is 13.8. The van der Waals surface area contributed by atoms with E-state index in [-0.39, 0.29) is 18.2 Å². The molecule has 0 aliphatic carbocycles. The summed E-state index contributed by atoms with van der Waals surface area (Å²) in [5.41, 5.74) is 3.13. The zero-order valence-corrected chi connectivity index (χ0v) is 16.8. The van der Waals surface area contributed by atoms with Gasteiger partial charge in [-0.05, 0) is 55.0 Å². The first-order valence-electron chi connectivity index (χ1n) is 9.25. The molecule has 0 fully saturated rings. The Morgan fingerprint density at radius 3 is 2.50 bits per heavy atom. The normalized spacial score (nSPS) is 14.6. The summed E-state index contributed by atoms with van der Waals surface area (Å²) in [7, 11) is 0. The zero-order chi connectivity index (χ0) is 21.1. The topological polar surface area (TPSA) is 47.9 Å². The monoisotopic (exact) mass is 421 g/mol. The summed E-state index contributed by atoms with van der Waals surface area (Å²) >= 11 is 6.01. The third kappa shape index (κ3) is 4.42. The van der Waals surface area contributed by atoms with E-state index in [1.54, 1.807) is 42.5 Å². The number of cyclic esters (lactones) is 1. The molecule has 30 heavy (non-hydrogen) atoms. The maximum Gasteiger partial charge on any atom is 0.363 e. The summed E-state index contributed by atoms with van der Waals surface area (Å²) in [5.74, 6) is -0.0757. The molecule has 0 N–H and O–H groups in total. The molecule has 0 radical (unpaired) electrons. The van der Waals surface area contributed by atoms with Crippen LogP contribution in [-0.2, 0) is 16.1 Å². The van der Waals surface area contributed by atoms with Crippen LogP contribution in [0.5, 0.6) is 5.75 Å². The second kappa shape index (κ2) is 8.51. The van der Waals surface area contributed by atoms with Crippen LogP contribution in [0.4, 0.5) is 4.39 Å². The number of esters is 1. The standard InChI is InChI=1S/C24H17ClFNO3/c1-15-5-9-17(10-6-15)23-27-22(24(28)30-23)13-16-7-11-18(12-8-16)29-14-19-20(25)3-2-4-21(19)26/h2-13H,14H2,1H3. The smallest absolute Gasteiger partial charge is 0.363 e. The highest BCUT2D eigenvalue weighted by Gasteiger charge is 2.24. The first-order valence-corrected chi connectivity index (χ1v) is 9.63. The number of aliphatic imine (C=N–C) groups is 1. The van der Waals surface area contributed by atoms with E-state index in [2.05, 4.69) is 4.99 Å². The lowest BCUT2D eigenvalue weighted by atomic mass is 10.1. The molecule has 4 nitrogen and oxygen atoms in total. The number of aryl methyl sites for hydroxylation is 1. The fourth-order valence-electron chi connectivity index (χ4n) is 2.87. The van der Waals surface area contributed by atoms with Crippen molar-refractivity contribution in [1.82, 2.24) is 0 Å². The van der Waals surface area contributed by atoms with Crippen molar-refractivity contribution in [2.75, 3.05) is 0 Å². The first kappa shape index (κ1) is 19.9. The molecule has 1 heterocycles. The fourth-order valence-corrected chi connectivity index (χ4v) is 3.09. The summed E-state index contributed by atoms with van der Waals surface area (Å²) in [6, 6.07) is 19.1. The van der Waals surface area contributed by atoms with Gasteiger partial charge in [-0.25, -0.2) is 14.2 Å². The molecule has 1 aliphatic rings. The van der Waals surface area contributed by atoms with E-state index in [1.807, 2.05) is 31.2 Å². The van der Waals surface area contributed by atoms with Crippen molar-refractivity contribution in [1.29, 1.82) is 0 Å². The number of hydrogen-bond donors (Lipinski definition) is 0. The lowest BCUT2D eigenvalue weighted by Gasteiger charge is -2.09. The highest BCUT2D eigenvalue weighted by atomic mass is 35.5. The van der Waals surface area contributed by atoms with Crippen LogP contribution >= 0.6 is 11.6 Å². The molecule has 0 spiro atoms. The highest BCUT2D eigenvalue weighted by Crippen LogP contribution is 2.23. The average Bonchev–Trinajstić information content (AvgIpc) is 3.09. The van der Waals surface area contributed by atoms with Gasteiger partial charge in [0.2, 0.25) is 5.90 Å². The number of benzene rings is 3. The largest absolute Gasteiger partial charge is 0.489 e. The Balaban J connectivity index is 1.47. The van der Waals surface area contributed by atoms with Crippen LogP contribution in [0, 0.1) is 12.7 Å². The Kier molecular flexibility index (Phi) is 5.63. The maximum atomic E-state index is 13.8. The van der Waals surface area contributed by atoms with Crippen LogP contribution in [0.2, 0.25) is 5.02 Å². The Hall–Kier alpha value is -3.44. The second-order valence-electron chi connectivity index (χ2n) is 6.76. The summed E-state index contributed by atoms with van der Waals surface area (Å²) in [5, 5.41) is 0.318. The lowest BCUT2D eigenvalue weighted by molar-refractivity contribution is -0.129. The SMILES string of the molecule is Cc1ccc(C2=NC(=Cc3ccc(OCc4c(F)cccc4Cl)cc3)C(=O)O2)cc1. The summed E-state index contributed by atoms with van der Waals surface area (Å²) < 4.78 is 24.7. The van der Waals surface area contributed by atoms with Crippen LogP contribution in [0.3, 0.4) is 0 Å². The van der Waals surface area contributed by atoms with E-state index in [0.717, 1.165) is 16.7 Å². The van der Waals surface area contributed by atoms with Crippen molar-refractivity contribution >= 4 is 29.5 Å². The molecule has 0 bridgehead atoms. The van der Waals surface area contributed by atoms with Crippen molar-refractivity contribution in [2.24, 2.45) is 4.99 Å². The Bertz CT molecular complexity index is 1130. The van der Waals surface area contributed by atoms with E-state index < -0.39 is 11.8 Å². The Morgan fingerprint density at radius 1 is 1.07 bits per heavy atom. The van der Waals surface area contributed by atoms with Gasteiger partial charge in [-0.15, -0.1) is 0 Å². The van der Waals surface area contributed by atoms with E-state index in [1.165, 1.54) is 6.07 Å². The van der Waals surface area contributed by atoms with Gasteiger partial charge in [-0.3, -0.25) is 0 Å². The number of hydrogen-bond acceptors (Lipinski definition) is 4. The third-order valence-corrected chi connectivity index (χ3v) is 4.90. The molecule has 3 aromatic carbocycles. The molecule has 0 saturated carbocycles. The van der Waals surface area contributed by atoms with Crippen LogP contribution in [0.25, 0.3) is 6.08 Å². The summed E-state index contributed by atoms with van der Waals surface area (Å²) in [6.45, 7) is 2.00. The van der Waals surface area contributed by atoms with Crippen molar-refractivity contribution in [3.63, 3.8) is 0 Å². The average molecular weight is 422 g/mol. The summed E-state index contributed by atoms with van der Waals surface area (Å²) in [6.07, 6.45) is 1.64. The van der Waals surface area contributed by atoms with Gasteiger partial charge in [-0.2, -0.15) is 0 Å². The Labute approximate surface area is 178 Å². The number of carbonyl (C=O) groups excluding carboxylic acids is 1. The van der Waals surface area contributed by atoms with E-state index >= 15 is 0 Å². The summed E-state index contributed by atoms with van der Waals surface area (Å²) in [4.78, 5) is 16.4. The Morgan fingerprint density at radius 2 is 1.80 bits per heavy atom. The molecular formula is C24H17ClFNO3. The van der Waals surface area contributed by atoms with Crippen LogP contribution in [-0.4, -0.2) is 11.9 Å². The van der Waals surface area contributed by atoms with Crippen LogP contribution < -0.4 is 4.74 Å². The third-order valence-electron chi connectivity index (χ3n) is 4.55. The molecule has 150 valence electrons. The molecule has 0 aromatic heterocycles. The number of halogens is 2. The predicted octanol–water partition coefficient (Wildman–Crippen LogP) is 5.71. The van der Waals surface area contributed by atoms with Gasteiger partial charge < -0.3 is 9.47 Å². The van der Waals surface area contributed by atoms with Crippen LogP contribution in [0.1, 0.15) is 22.3 Å². The van der Waals surface area contributed by atoms with Gasteiger partial charge in [0.1, 0.15) is 18.2 Å². The lowest BCUT2D eigenvalue weighted by Crippen LogP contribution is -2.05. The molecular weight excluding hydrogens is 405 g/mol. The minimum atomic E-state index is -0.500. The molecule has 6 heteroatoms. The molecule has 0 amide bonds. The molecule has 0 atom stereocenters. The van der Waals surface area contributed by atoms with E-state index in [4.69, 9.17) is 21.1 Å². The number of carbonyl (C=O) groups is 1. The molecule has 1 aliphatic heterocycles. The molecule has 0 unspecified atom stereocenters. The second-order valence-corrected chi connectivity index (χ2v) is 7.17. The van der Waals surface area contributed by atoms with Gasteiger partial charge in [0.15, 0.2) is 5.70 Å². The molecule has 0 saturated heterocycles. The quantitative estimate of drug-likeness (QED) is 0.391. The highest BCUT2D eigenvalue weighted by molar-refractivity contribution is 6.31. The fraction of sp³-hybridized carbons (Fsp3) is 0.0833. The molecule has 3 aromatic rings. The van der Waals surface area contributed by atoms with Crippen molar-refractivity contribution in [2.45, 2.75) is 13.5 Å². The van der Waals surface area contributed by atoms with Crippen molar-refractivity contribution in [3.05, 3.63) is 106 Å². The number of nitrogens with zero attached hydrogens (tertiary/aromatic N) is 1. The van der Waals surface area contributed by atoms with Gasteiger partial charge in [0.05, 0.1) is 5.02 Å². The minimum absolute atomic E-state index is 0.0163. The van der Waals surface area contributed by atoms with Gasteiger partial charge in [-0.1, -0.05) is 47.5 Å². The first-order chi connectivity index (χ1) is 14.5. The van der Waals surface area contributed by atoms with Gasteiger partial charge in [0, 0.05) is 11.1 Å². The van der Waals surface area contributed by atoms with Crippen LogP contribution in [0.15, 0.2) is 77.4 Å². The number of ether oxygens (including phenoxy) is 2. The van der Waals surface area contributed by atoms with Gasteiger partial charge >= 0.3 is 5.97 Å². The van der Waals surface area contributed by atoms with Crippen molar-refractivity contribution in [3.8, 4) is 5.75 Å². The van der Waals surface area contributed by atoms with E-state index in [9.17, 15) is 9.18 Å². The minimum Gasteiger partial charge on any atom is -0.489 e. The van der Waals surface area contributed by atoms with Gasteiger partial charge in [0.25, 0.3) is 0 Å².